The van der Waals surface area contributed by atoms with Crippen molar-refractivity contribution in [1.82, 2.24) is 0 Å². The van der Waals surface area contributed by atoms with E-state index >= 15 is 0 Å². The number of nitriles is 1. The summed E-state index contributed by atoms with van der Waals surface area (Å²) in [4.78, 5) is -0.685. The molecule has 0 unspecified atom stereocenters. The molecular weight excluding hydrogens is 314 g/mol. The van der Waals surface area contributed by atoms with Crippen molar-refractivity contribution in [3.63, 3.8) is 0 Å². The van der Waals surface area contributed by atoms with E-state index in [-0.39, 0.29) is 0 Å². The SMILES string of the molecule is N#Cc1c(S(=O)(=O)Cl)ccc(C(F)(F)F)c1CCl. The predicted octanol–water partition coefficient (Wildman–Crippen LogP) is 3.24. The summed E-state index contributed by atoms with van der Waals surface area (Å²) < 4.78 is 60.2. The van der Waals surface area contributed by atoms with E-state index in [1.807, 2.05) is 0 Å². The normalized spacial score (nSPS) is 12.2. The highest BCUT2D eigenvalue weighted by Gasteiger charge is 2.35. The van der Waals surface area contributed by atoms with Gasteiger partial charge in [-0.3, -0.25) is 0 Å². The summed E-state index contributed by atoms with van der Waals surface area (Å²) in [6.07, 6.45) is -4.73. The lowest BCUT2D eigenvalue weighted by molar-refractivity contribution is -0.138. The van der Waals surface area contributed by atoms with E-state index in [1.165, 1.54) is 6.07 Å². The van der Waals surface area contributed by atoms with Crippen LogP contribution < -0.4 is 0 Å². The molecule has 9 heteroatoms. The van der Waals surface area contributed by atoms with Crippen molar-refractivity contribution < 1.29 is 21.6 Å². The molecular formula is C9H4Cl2F3NO2S. The number of hydrogen-bond acceptors (Lipinski definition) is 3. The Labute approximate surface area is 110 Å². The first-order chi connectivity index (χ1) is 8.12. The van der Waals surface area contributed by atoms with Crippen molar-refractivity contribution in [3.05, 3.63) is 28.8 Å². The number of rotatable bonds is 2. The smallest absolute Gasteiger partial charge is 0.207 e. The lowest BCUT2D eigenvalue weighted by atomic mass is 10.0. The van der Waals surface area contributed by atoms with E-state index in [4.69, 9.17) is 27.5 Å². The summed E-state index contributed by atoms with van der Waals surface area (Å²) >= 11 is 5.36. The van der Waals surface area contributed by atoms with E-state index in [0.29, 0.717) is 12.1 Å². The lowest BCUT2D eigenvalue weighted by Crippen LogP contribution is -2.12. The van der Waals surface area contributed by atoms with E-state index < -0.39 is 42.7 Å². The van der Waals surface area contributed by atoms with Gasteiger partial charge >= 0.3 is 6.18 Å². The summed E-state index contributed by atoms with van der Waals surface area (Å²) in [5.74, 6) is -0.655. The van der Waals surface area contributed by atoms with Gasteiger partial charge in [0.2, 0.25) is 0 Å². The molecule has 0 aliphatic heterocycles. The molecule has 0 N–H and O–H groups in total. The molecule has 0 fully saturated rings. The zero-order chi connectivity index (χ0) is 14.1. The summed E-state index contributed by atoms with van der Waals surface area (Å²) in [5, 5.41) is 8.78. The third-order valence-electron chi connectivity index (χ3n) is 2.09. The van der Waals surface area contributed by atoms with Gasteiger partial charge in [-0.2, -0.15) is 18.4 Å². The molecule has 1 rings (SSSR count). The van der Waals surface area contributed by atoms with Gasteiger partial charge in [0, 0.05) is 16.6 Å². The molecule has 1 aromatic rings. The fourth-order valence-corrected chi connectivity index (χ4v) is 2.66. The molecule has 0 spiro atoms. The number of alkyl halides is 4. The van der Waals surface area contributed by atoms with Crippen LogP contribution in [0.1, 0.15) is 16.7 Å². The Morgan fingerprint density at radius 1 is 1.33 bits per heavy atom. The summed E-state index contributed by atoms with van der Waals surface area (Å²) in [5.41, 5.74) is -2.44. The van der Waals surface area contributed by atoms with Crippen LogP contribution in [-0.4, -0.2) is 8.42 Å². The van der Waals surface area contributed by atoms with Gasteiger partial charge in [-0.25, -0.2) is 8.42 Å². The molecule has 3 nitrogen and oxygen atoms in total. The fourth-order valence-electron chi connectivity index (χ4n) is 1.36. The van der Waals surface area contributed by atoms with Gasteiger partial charge < -0.3 is 0 Å². The van der Waals surface area contributed by atoms with E-state index in [1.54, 1.807) is 0 Å². The average molecular weight is 318 g/mol. The summed E-state index contributed by atoms with van der Waals surface area (Å²) in [6, 6.07) is 2.56. The Bertz CT molecular complexity index is 620. The van der Waals surface area contributed by atoms with Gasteiger partial charge in [0.15, 0.2) is 0 Å². The predicted molar refractivity (Wildman–Crippen MR) is 58.8 cm³/mol. The average Bonchev–Trinajstić information content (AvgIpc) is 2.24. The summed E-state index contributed by atoms with van der Waals surface area (Å²) in [7, 11) is 0.718. The molecule has 0 radical (unpaired) electrons. The highest BCUT2D eigenvalue weighted by molar-refractivity contribution is 8.13. The maximum atomic E-state index is 12.6. The van der Waals surface area contributed by atoms with Gasteiger partial charge in [0.05, 0.1) is 11.1 Å². The standard InChI is InChI=1S/C9H4Cl2F3NO2S/c10-3-5-6(4-15)8(18(11,16)17)2-1-7(5)9(12,13)14/h1-2H,3H2. The first kappa shape index (κ1) is 15.1. The Hall–Kier alpha value is -0.970. The molecule has 98 valence electrons. The number of hydrogen-bond donors (Lipinski definition) is 0. The van der Waals surface area contributed by atoms with Crippen LogP contribution in [0.25, 0.3) is 0 Å². The van der Waals surface area contributed by atoms with Gasteiger partial charge in [0.25, 0.3) is 9.05 Å². The third kappa shape index (κ3) is 2.88. The van der Waals surface area contributed by atoms with Crippen LogP contribution in [0, 0.1) is 11.3 Å². The Balaban J connectivity index is 3.75. The molecule has 0 saturated carbocycles. The van der Waals surface area contributed by atoms with Crippen molar-refractivity contribution in [1.29, 1.82) is 5.26 Å². The van der Waals surface area contributed by atoms with Gasteiger partial charge in [-0.05, 0) is 17.7 Å². The van der Waals surface area contributed by atoms with Gasteiger partial charge in [0.1, 0.15) is 11.0 Å². The minimum atomic E-state index is -4.73. The van der Waals surface area contributed by atoms with Crippen molar-refractivity contribution in [2.24, 2.45) is 0 Å². The van der Waals surface area contributed by atoms with Crippen LogP contribution in [0.5, 0.6) is 0 Å². The Morgan fingerprint density at radius 3 is 2.22 bits per heavy atom. The minimum absolute atomic E-state index is 0.536. The second-order valence-electron chi connectivity index (χ2n) is 3.15. The van der Waals surface area contributed by atoms with E-state index in [9.17, 15) is 21.6 Å². The van der Waals surface area contributed by atoms with Crippen LogP contribution in [0.4, 0.5) is 13.2 Å². The van der Waals surface area contributed by atoms with Gasteiger partial charge in [-0.1, -0.05) is 0 Å². The molecule has 1 aromatic carbocycles. The molecule has 0 atom stereocenters. The zero-order valence-corrected chi connectivity index (χ0v) is 10.8. The number of benzene rings is 1. The molecule has 0 bridgehead atoms. The van der Waals surface area contributed by atoms with Crippen LogP contribution in [0.3, 0.4) is 0 Å². The molecule has 0 amide bonds. The zero-order valence-electron chi connectivity index (χ0n) is 8.42. The largest absolute Gasteiger partial charge is 0.416 e. The molecule has 0 saturated heterocycles. The van der Waals surface area contributed by atoms with Crippen LogP contribution in [-0.2, 0) is 21.1 Å². The first-order valence-corrected chi connectivity index (χ1v) is 7.11. The lowest BCUT2D eigenvalue weighted by Gasteiger charge is -2.13. The Kier molecular flexibility index (Phi) is 4.15. The number of nitrogens with zero attached hydrogens (tertiary/aromatic N) is 1. The third-order valence-corrected chi connectivity index (χ3v) is 3.72. The van der Waals surface area contributed by atoms with E-state index in [2.05, 4.69) is 0 Å². The summed E-state index contributed by atoms with van der Waals surface area (Å²) in [6.45, 7) is 0. The van der Waals surface area contributed by atoms with Crippen molar-refractivity contribution >= 4 is 31.3 Å². The second-order valence-corrected chi connectivity index (χ2v) is 5.95. The maximum absolute atomic E-state index is 12.6. The second kappa shape index (κ2) is 4.96. The fraction of sp³-hybridized carbons (Fsp3) is 0.222. The van der Waals surface area contributed by atoms with Crippen molar-refractivity contribution in [2.45, 2.75) is 17.0 Å². The first-order valence-electron chi connectivity index (χ1n) is 4.26. The molecule has 0 aliphatic rings. The van der Waals surface area contributed by atoms with Gasteiger partial charge in [-0.15, -0.1) is 11.6 Å². The quantitative estimate of drug-likeness (QED) is 0.621. The van der Waals surface area contributed by atoms with Crippen LogP contribution in [0.2, 0.25) is 0 Å². The Morgan fingerprint density at radius 2 is 1.89 bits per heavy atom. The minimum Gasteiger partial charge on any atom is -0.207 e. The van der Waals surface area contributed by atoms with Crippen molar-refractivity contribution in [3.8, 4) is 6.07 Å². The molecule has 0 aliphatic carbocycles. The number of halogens is 5. The highest BCUT2D eigenvalue weighted by Crippen LogP contribution is 2.36. The molecule has 0 heterocycles. The van der Waals surface area contributed by atoms with Crippen LogP contribution in [0.15, 0.2) is 17.0 Å². The van der Waals surface area contributed by atoms with Crippen molar-refractivity contribution in [2.75, 3.05) is 0 Å². The topological polar surface area (TPSA) is 57.9 Å². The van der Waals surface area contributed by atoms with Crippen LogP contribution >= 0.6 is 22.3 Å². The maximum Gasteiger partial charge on any atom is 0.416 e. The molecule has 18 heavy (non-hydrogen) atoms. The molecule has 0 aromatic heterocycles. The monoisotopic (exact) mass is 317 g/mol. The highest BCUT2D eigenvalue weighted by atomic mass is 35.7. The van der Waals surface area contributed by atoms with E-state index in [0.717, 1.165) is 0 Å².